The first-order valence-corrected chi connectivity index (χ1v) is 8.37. The van der Waals surface area contributed by atoms with Crippen molar-refractivity contribution in [3.63, 3.8) is 0 Å². The van der Waals surface area contributed by atoms with Crippen molar-refractivity contribution in [2.75, 3.05) is 0 Å². The Labute approximate surface area is 147 Å². The fourth-order valence-electron chi connectivity index (χ4n) is 3.51. The van der Waals surface area contributed by atoms with Gasteiger partial charge in [0.15, 0.2) is 0 Å². The first-order valence-electron chi connectivity index (χ1n) is 8.37. The number of hydrogen-bond acceptors (Lipinski definition) is 2. The van der Waals surface area contributed by atoms with Crippen LogP contribution in [0.1, 0.15) is 40.7 Å². The molecule has 0 bridgehead atoms. The number of fused-ring (bicyclic) bond motifs is 2. The number of benzene rings is 3. The van der Waals surface area contributed by atoms with Crippen LogP contribution in [0.5, 0.6) is 0 Å². The number of esters is 1. The molecule has 3 aromatic rings. The van der Waals surface area contributed by atoms with Gasteiger partial charge in [-0.2, -0.15) is 0 Å². The summed E-state index contributed by atoms with van der Waals surface area (Å²) in [6.07, 6.45) is 1.97. The topological polar surface area (TPSA) is 26.3 Å². The molecule has 0 amide bonds. The average Bonchev–Trinajstić information content (AvgIpc) is 2.76. The maximum atomic E-state index is 11.6. The molecule has 1 aliphatic carbocycles. The Morgan fingerprint density at radius 2 is 1.44 bits per heavy atom. The molecule has 0 saturated heterocycles. The monoisotopic (exact) mass is 326 g/mol. The van der Waals surface area contributed by atoms with E-state index >= 15 is 0 Å². The summed E-state index contributed by atoms with van der Waals surface area (Å²) in [7, 11) is 0. The van der Waals surface area contributed by atoms with Crippen LogP contribution in [-0.2, 0) is 9.53 Å². The molecule has 4 rings (SSSR count). The van der Waals surface area contributed by atoms with Crippen molar-refractivity contribution < 1.29 is 9.53 Å². The van der Waals surface area contributed by atoms with Crippen LogP contribution in [0.15, 0.2) is 78.9 Å². The molecule has 0 aliphatic heterocycles. The van der Waals surface area contributed by atoms with Gasteiger partial charge in [0.05, 0.1) is 0 Å². The third kappa shape index (κ3) is 2.87. The molecule has 0 radical (unpaired) electrons. The van der Waals surface area contributed by atoms with Crippen molar-refractivity contribution >= 4 is 17.8 Å². The van der Waals surface area contributed by atoms with Crippen LogP contribution in [0.25, 0.3) is 11.8 Å². The van der Waals surface area contributed by atoms with Gasteiger partial charge in [-0.25, -0.2) is 0 Å². The first-order chi connectivity index (χ1) is 12.2. The van der Waals surface area contributed by atoms with E-state index in [9.17, 15) is 4.79 Å². The summed E-state index contributed by atoms with van der Waals surface area (Å²) >= 11 is 0. The van der Waals surface area contributed by atoms with Crippen LogP contribution in [0.3, 0.4) is 0 Å². The van der Waals surface area contributed by atoms with Gasteiger partial charge in [0, 0.05) is 18.4 Å². The number of hydrogen-bond donors (Lipinski definition) is 0. The Hall–Kier alpha value is -3.13. The minimum atomic E-state index is -0.309. The summed E-state index contributed by atoms with van der Waals surface area (Å²) < 4.78 is 5.56. The zero-order valence-corrected chi connectivity index (χ0v) is 14.0. The molecule has 0 spiro atoms. The lowest BCUT2D eigenvalue weighted by Crippen LogP contribution is -2.06. The highest BCUT2D eigenvalue weighted by Crippen LogP contribution is 2.41. The van der Waals surface area contributed by atoms with E-state index in [-0.39, 0.29) is 11.9 Å². The summed E-state index contributed by atoms with van der Waals surface area (Å²) in [5, 5.41) is 0. The summed E-state index contributed by atoms with van der Waals surface area (Å²) in [4.78, 5) is 11.6. The fraction of sp³-hybridized carbons (Fsp3) is 0.0870. The molecule has 2 heteroatoms. The predicted molar refractivity (Wildman–Crippen MR) is 99.9 cm³/mol. The molecule has 2 nitrogen and oxygen atoms in total. The van der Waals surface area contributed by atoms with Crippen molar-refractivity contribution in [2.45, 2.75) is 12.8 Å². The van der Waals surface area contributed by atoms with E-state index in [0.29, 0.717) is 5.76 Å². The highest BCUT2D eigenvalue weighted by atomic mass is 16.5. The zero-order valence-electron chi connectivity index (χ0n) is 14.0. The van der Waals surface area contributed by atoms with Gasteiger partial charge in [-0.1, -0.05) is 78.9 Å². The van der Waals surface area contributed by atoms with Gasteiger partial charge in [0.2, 0.25) is 0 Å². The highest BCUT2D eigenvalue weighted by molar-refractivity contribution is 5.88. The van der Waals surface area contributed by atoms with E-state index in [1.807, 2.05) is 36.4 Å². The third-order valence-electron chi connectivity index (χ3n) is 4.52. The molecule has 3 aromatic carbocycles. The standard InChI is InChI=1S/C23H18O2/c1-16(24)25-22-15-18-11-5-6-12-19(18)23(17-9-3-2-4-10-17)21-14-8-7-13-20(21)22/h2-15,23H,1H3/t23-/m1/s1. The molecule has 0 aromatic heterocycles. The second kappa shape index (κ2) is 6.40. The van der Waals surface area contributed by atoms with Gasteiger partial charge >= 0.3 is 5.97 Å². The lowest BCUT2D eigenvalue weighted by Gasteiger charge is -2.21. The van der Waals surface area contributed by atoms with Crippen molar-refractivity contribution in [2.24, 2.45) is 0 Å². The lowest BCUT2D eigenvalue weighted by atomic mass is 9.82. The van der Waals surface area contributed by atoms with Gasteiger partial charge in [-0.3, -0.25) is 4.79 Å². The summed E-state index contributed by atoms with van der Waals surface area (Å²) in [6, 6.07) is 26.9. The molecular formula is C23H18O2. The molecule has 25 heavy (non-hydrogen) atoms. The SMILES string of the molecule is CC(=O)OC1=Cc2ccccc2[C@@H](c2ccccc2)c2ccccc21. The first kappa shape index (κ1) is 15.4. The Kier molecular flexibility index (Phi) is 3.95. The largest absolute Gasteiger partial charge is 0.426 e. The van der Waals surface area contributed by atoms with Crippen LogP contribution >= 0.6 is 0 Å². The quantitative estimate of drug-likeness (QED) is 0.602. The molecule has 122 valence electrons. The van der Waals surface area contributed by atoms with Gasteiger partial charge in [0.25, 0.3) is 0 Å². The van der Waals surface area contributed by atoms with E-state index in [4.69, 9.17) is 4.74 Å². The summed E-state index contributed by atoms with van der Waals surface area (Å²) in [5.41, 5.74) is 5.61. The minimum Gasteiger partial charge on any atom is -0.426 e. The third-order valence-corrected chi connectivity index (χ3v) is 4.52. The van der Waals surface area contributed by atoms with E-state index in [1.54, 1.807) is 0 Å². The molecule has 0 N–H and O–H groups in total. The van der Waals surface area contributed by atoms with Crippen molar-refractivity contribution in [1.29, 1.82) is 0 Å². The van der Waals surface area contributed by atoms with E-state index in [1.165, 1.54) is 18.1 Å². The fourth-order valence-corrected chi connectivity index (χ4v) is 3.51. The van der Waals surface area contributed by atoms with Gasteiger partial charge < -0.3 is 4.74 Å². The second-order valence-corrected chi connectivity index (χ2v) is 6.16. The maximum Gasteiger partial charge on any atom is 0.308 e. The molecule has 1 atom stereocenters. The molecule has 1 aliphatic rings. The number of rotatable bonds is 2. The Bertz CT molecular complexity index is 955. The minimum absolute atomic E-state index is 0.0953. The number of carbonyl (C=O) groups excluding carboxylic acids is 1. The lowest BCUT2D eigenvalue weighted by molar-refractivity contribution is -0.134. The van der Waals surface area contributed by atoms with Gasteiger partial charge in [0.1, 0.15) is 5.76 Å². The second-order valence-electron chi connectivity index (χ2n) is 6.16. The zero-order chi connectivity index (χ0) is 17.2. The smallest absolute Gasteiger partial charge is 0.308 e. The Balaban J connectivity index is 2.01. The molecular weight excluding hydrogens is 308 g/mol. The van der Waals surface area contributed by atoms with Crippen LogP contribution in [0.4, 0.5) is 0 Å². The van der Waals surface area contributed by atoms with E-state index in [0.717, 1.165) is 16.7 Å². The molecule has 0 heterocycles. The summed E-state index contributed by atoms with van der Waals surface area (Å²) in [5.74, 6) is 0.392. The van der Waals surface area contributed by atoms with Gasteiger partial charge in [-0.05, 0) is 28.3 Å². The normalized spacial score (nSPS) is 15.4. The van der Waals surface area contributed by atoms with Crippen LogP contribution < -0.4 is 0 Å². The Morgan fingerprint density at radius 1 is 0.800 bits per heavy atom. The summed E-state index contributed by atoms with van der Waals surface area (Å²) in [6.45, 7) is 1.44. The molecule has 0 unspecified atom stereocenters. The predicted octanol–water partition coefficient (Wildman–Crippen LogP) is 5.24. The van der Waals surface area contributed by atoms with E-state index in [2.05, 4.69) is 48.5 Å². The van der Waals surface area contributed by atoms with Crippen molar-refractivity contribution in [3.8, 4) is 0 Å². The number of ether oxygens (including phenoxy) is 1. The highest BCUT2D eigenvalue weighted by Gasteiger charge is 2.26. The van der Waals surface area contributed by atoms with Gasteiger partial charge in [-0.15, -0.1) is 0 Å². The number of carbonyl (C=O) groups is 1. The van der Waals surface area contributed by atoms with Crippen LogP contribution in [-0.4, -0.2) is 5.97 Å². The van der Waals surface area contributed by atoms with Crippen LogP contribution in [0.2, 0.25) is 0 Å². The van der Waals surface area contributed by atoms with Crippen molar-refractivity contribution in [1.82, 2.24) is 0 Å². The maximum absolute atomic E-state index is 11.6. The molecule has 0 saturated carbocycles. The molecule has 0 fully saturated rings. The van der Waals surface area contributed by atoms with Crippen LogP contribution in [0, 0.1) is 0 Å². The van der Waals surface area contributed by atoms with E-state index < -0.39 is 0 Å². The average molecular weight is 326 g/mol. The Morgan fingerprint density at radius 3 is 2.20 bits per heavy atom. The van der Waals surface area contributed by atoms with Crippen molar-refractivity contribution in [3.05, 3.63) is 107 Å².